The molecule has 102 valence electrons. The van der Waals surface area contributed by atoms with E-state index in [9.17, 15) is 13.2 Å². The molecule has 0 bridgehead atoms. The second-order valence-corrected chi connectivity index (χ2v) is 4.12. The lowest BCUT2D eigenvalue weighted by molar-refractivity contribution is -0.137. The first-order valence-electron chi connectivity index (χ1n) is 5.69. The molecule has 0 N–H and O–H groups in total. The zero-order valence-electron chi connectivity index (χ0n) is 10.5. The molecule has 2 aromatic rings. The first-order chi connectivity index (χ1) is 9.41. The van der Waals surface area contributed by atoms with Gasteiger partial charge in [0.2, 0.25) is 0 Å². The number of anilines is 2. The number of pyridine rings is 1. The van der Waals surface area contributed by atoms with Gasteiger partial charge in [-0.25, -0.2) is 4.98 Å². The monoisotopic (exact) mass is 277 g/mol. The van der Waals surface area contributed by atoms with Gasteiger partial charge in [0.1, 0.15) is 5.82 Å². The number of nitriles is 1. The summed E-state index contributed by atoms with van der Waals surface area (Å²) in [4.78, 5) is 5.45. The average Bonchev–Trinajstić information content (AvgIpc) is 2.46. The van der Waals surface area contributed by atoms with Gasteiger partial charge in [-0.15, -0.1) is 0 Å². The van der Waals surface area contributed by atoms with Crippen molar-refractivity contribution < 1.29 is 13.2 Å². The van der Waals surface area contributed by atoms with Crippen molar-refractivity contribution in [2.45, 2.75) is 6.18 Å². The van der Waals surface area contributed by atoms with Crippen LogP contribution in [0.5, 0.6) is 0 Å². The Morgan fingerprint density at radius 3 is 2.20 bits per heavy atom. The van der Waals surface area contributed by atoms with Crippen LogP contribution in [-0.4, -0.2) is 12.0 Å². The van der Waals surface area contributed by atoms with Gasteiger partial charge in [0.25, 0.3) is 0 Å². The van der Waals surface area contributed by atoms with E-state index in [1.165, 1.54) is 6.07 Å². The van der Waals surface area contributed by atoms with E-state index in [4.69, 9.17) is 5.26 Å². The summed E-state index contributed by atoms with van der Waals surface area (Å²) in [5, 5.41) is 8.71. The minimum absolute atomic E-state index is 0.391. The quantitative estimate of drug-likeness (QED) is 0.839. The molecule has 0 saturated carbocycles. The Labute approximate surface area is 113 Å². The molecule has 0 aliphatic carbocycles. The van der Waals surface area contributed by atoms with E-state index in [0.29, 0.717) is 11.4 Å². The number of hydrogen-bond acceptors (Lipinski definition) is 3. The third kappa shape index (κ3) is 2.88. The van der Waals surface area contributed by atoms with E-state index >= 15 is 0 Å². The molecule has 0 fully saturated rings. The maximum atomic E-state index is 12.4. The van der Waals surface area contributed by atoms with Gasteiger partial charge in [0, 0.05) is 18.9 Å². The van der Waals surface area contributed by atoms with Crippen molar-refractivity contribution in [1.82, 2.24) is 4.98 Å². The summed E-state index contributed by atoms with van der Waals surface area (Å²) in [6.07, 6.45) is -3.59. The van der Waals surface area contributed by atoms with Gasteiger partial charge in [-0.2, -0.15) is 18.4 Å². The normalized spacial score (nSPS) is 10.9. The zero-order chi connectivity index (χ0) is 14.8. The molecule has 3 nitrogen and oxygen atoms in total. The van der Waals surface area contributed by atoms with E-state index < -0.39 is 11.7 Å². The smallest absolute Gasteiger partial charge is 0.329 e. The molecular weight excluding hydrogens is 267 g/mol. The van der Waals surface area contributed by atoms with Crippen LogP contribution >= 0.6 is 0 Å². The van der Waals surface area contributed by atoms with Crippen molar-refractivity contribution in [3.63, 3.8) is 0 Å². The molecular formula is C14H10F3N3. The molecule has 2 rings (SSSR count). The van der Waals surface area contributed by atoms with Crippen LogP contribution in [0.1, 0.15) is 11.1 Å². The van der Waals surface area contributed by atoms with Gasteiger partial charge >= 0.3 is 6.18 Å². The van der Waals surface area contributed by atoms with Crippen LogP contribution in [-0.2, 0) is 6.18 Å². The van der Waals surface area contributed by atoms with Crippen molar-refractivity contribution in [1.29, 1.82) is 5.26 Å². The van der Waals surface area contributed by atoms with Gasteiger partial charge in [0.05, 0.1) is 17.2 Å². The Bertz CT molecular complexity index is 625. The topological polar surface area (TPSA) is 39.9 Å². The third-order valence-corrected chi connectivity index (χ3v) is 2.80. The number of benzene rings is 1. The maximum Gasteiger partial charge on any atom is 0.417 e. The van der Waals surface area contributed by atoms with Crippen LogP contribution in [0.3, 0.4) is 0 Å². The summed E-state index contributed by atoms with van der Waals surface area (Å²) in [5.41, 5.74) is 0.466. The van der Waals surface area contributed by atoms with Crippen molar-refractivity contribution in [2.24, 2.45) is 0 Å². The Hall–Kier alpha value is -2.55. The number of hydrogen-bond donors (Lipinski definition) is 0. The predicted octanol–water partition coefficient (Wildman–Crippen LogP) is 3.74. The van der Waals surface area contributed by atoms with Crippen LogP contribution < -0.4 is 4.90 Å². The van der Waals surface area contributed by atoms with Gasteiger partial charge in [-0.1, -0.05) is 0 Å². The molecule has 1 heterocycles. The summed E-state index contributed by atoms with van der Waals surface area (Å²) in [6, 6.07) is 11.0. The first kappa shape index (κ1) is 13.9. The summed E-state index contributed by atoms with van der Waals surface area (Å²) in [7, 11) is 1.69. The summed E-state index contributed by atoms with van der Waals surface area (Å²) in [6.45, 7) is 0. The highest BCUT2D eigenvalue weighted by atomic mass is 19.4. The standard InChI is InChI=1S/C14H10F3N3/c1-20(12-5-2-10(8-18)3-6-12)13-7-4-11(9-19-13)14(15,16)17/h2-7,9H,1H3. The molecule has 0 radical (unpaired) electrons. The van der Waals surface area contributed by atoms with Crippen molar-refractivity contribution in [2.75, 3.05) is 11.9 Å². The third-order valence-electron chi connectivity index (χ3n) is 2.80. The number of alkyl halides is 3. The van der Waals surface area contributed by atoms with Crippen LogP contribution in [0.4, 0.5) is 24.7 Å². The van der Waals surface area contributed by atoms with E-state index in [2.05, 4.69) is 4.98 Å². The van der Waals surface area contributed by atoms with Gasteiger partial charge in [0.15, 0.2) is 0 Å². The molecule has 0 aliphatic heterocycles. The van der Waals surface area contributed by atoms with E-state index in [1.807, 2.05) is 6.07 Å². The van der Waals surface area contributed by atoms with Crippen LogP contribution in [0.25, 0.3) is 0 Å². The number of aromatic nitrogens is 1. The van der Waals surface area contributed by atoms with E-state index in [0.717, 1.165) is 18.0 Å². The summed E-state index contributed by atoms with van der Waals surface area (Å²) in [5.74, 6) is 0.391. The van der Waals surface area contributed by atoms with E-state index in [-0.39, 0.29) is 0 Å². The SMILES string of the molecule is CN(c1ccc(C#N)cc1)c1ccc(C(F)(F)F)cn1. The van der Waals surface area contributed by atoms with Gasteiger partial charge in [-0.3, -0.25) is 0 Å². The second-order valence-electron chi connectivity index (χ2n) is 4.12. The first-order valence-corrected chi connectivity index (χ1v) is 5.69. The van der Waals surface area contributed by atoms with Crippen LogP contribution in [0, 0.1) is 11.3 Å². The Kier molecular flexibility index (Phi) is 3.61. The Morgan fingerprint density at radius 1 is 1.10 bits per heavy atom. The fourth-order valence-electron chi connectivity index (χ4n) is 1.64. The molecule has 0 spiro atoms. The van der Waals surface area contributed by atoms with Gasteiger partial charge in [-0.05, 0) is 36.4 Å². The molecule has 0 aliphatic rings. The molecule has 1 aromatic carbocycles. The Balaban J connectivity index is 2.24. The molecule has 20 heavy (non-hydrogen) atoms. The van der Waals surface area contributed by atoms with Crippen molar-refractivity contribution in [3.05, 3.63) is 53.7 Å². The van der Waals surface area contributed by atoms with Gasteiger partial charge < -0.3 is 4.90 Å². The number of halogens is 3. The lowest BCUT2D eigenvalue weighted by Crippen LogP contribution is -2.12. The highest BCUT2D eigenvalue weighted by Crippen LogP contribution is 2.30. The summed E-state index contributed by atoms with van der Waals surface area (Å²) >= 11 is 0. The fraction of sp³-hybridized carbons (Fsp3) is 0.143. The minimum atomic E-state index is -4.39. The molecule has 0 amide bonds. The summed E-state index contributed by atoms with van der Waals surface area (Å²) < 4.78 is 37.3. The number of rotatable bonds is 2. The molecule has 1 aromatic heterocycles. The second kappa shape index (κ2) is 5.21. The molecule has 0 unspecified atom stereocenters. The lowest BCUT2D eigenvalue weighted by atomic mass is 10.2. The molecule has 0 saturated heterocycles. The minimum Gasteiger partial charge on any atom is -0.329 e. The highest BCUT2D eigenvalue weighted by molar-refractivity contribution is 5.60. The number of nitrogens with zero attached hydrogens (tertiary/aromatic N) is 3. The Morgan fingerprint density at radius 2 is 1.75 bits per heavy atom. The molecule has 0 atom stereocenters. The lowest BCUT2D eigenvalue weighted by Gasteiger charge is -2.18. The largest absolute Gasteiger partial charge is 0.417 e. The van der Waals surface area contributed by atoms with Crippen LogP contribution in [0.2, 0.25) is 0 Å². The molecule has 6 heteroatoms. The van der Waals surface area contributed by atoms with Crippen molar-refractivity contribution >= 4 is 11.5 Å². The van der Waals surface area contributed by atoms with Crippen molar-refractivity contribution in [3.8, 4) is 6.07 Å². The fourth-order valence-corrected chi connectivity index (χ4v) is 1.64. The van der Waals surface area contributed by atoms with Crippen LogP contribution in [0.15, 0.2) is 42.6 Å². The van der Waals surface area contributed by atoms with E-state index in [1.54, 1.807) is 36.2 Å². The highest BCUT2D eigenvalue weighted by Gasteiger charge is 2.30. The zero-order valence-corrected chi connectivity index (χ0v) is 10.5. The predicted molar refractivity (Wildman–Crippen MR) is 68.5 cm³/mol. The average molecular weight is 277 g/mol. The maximum absolute atomic E-state index is 12.4.